The first kappa shape index (κ1) is 10.8. The summed E-state index contributed by atoms with van der Waals surface area (Å²) in [4.78, 5) is 14.3. The molecule has 2 aliphatic heterocycles. The summed E-state index contributed by atoms with van der Waals surface area (Å²) in [5.41, 5.74) is 3.20. The van der Waals surface area contributed by atoms with Gasteiger partial charge in [0, 0.05) is 19.6 Å². The number of hydrogen-bond acceptors (Lipinski definition) is 2. The van der Waals surface area contributed by atoms with Crippen molar-refractivity contribution in [3.63, 3.8) is 0 Å². The van der Waals surface area contributed by atoms with Gasteiger partial charge in [-0.1, -0.05) is 17.7 Å². The summed E-state index contributed by atoms with van der Waals surface area (Å²) in [6.07, 6.45) is 2.52. The molecule has 4 rings (SSSR count). The minimum Gasteiger partial charge on any atom is -0.329 e. The quantitative estimate of drug-likeness (QED) is 0.842. The Morgan fingerprint density at radius 2 is 2.17 bits per heavy atom. The largest absolute Gasteiger partial charge is 0.329 e. The van der Waals surface area contributed by atoms with E-state index in [9.17, 15) is 4.79 Å². The Bertz CT molecular complexity index is 539. The van der Waals surface area contributed by atoms with E-state index in [1.807, 2.05) is 11.0 Å². The highest BCUT2D eigenvalue weighted by Gasteiger charge is 2.40. The Hall–Kier alpha value is -1.06. The van der Waals surface area contributed by atoms with Gasteiger partial charge < -0.3 is 10.2 Å². The Morgan fingerprint density at radius 3 is 2.94 bits per heavy atom. The van der Waals surface area contributed by atoms with E-state index in [1.165, 1.54) is 18.4 Å². The zero-order chi connectivity index (χ0) is 12.3. The third kappa shape index (κ3) is 1.44. The summed E-state index contributed by atoms with van der Waals surface area (Å²) in [6.45, 7) is 2.51. The molecule has 1 aromatic carbocycles. The highest BCUT2D eigenvalue weighted by molar-refractivity contribution is 6.34. The maximum atomic E-state index is 12.4. The number of nitrogens with one attached hydrogen (secondary N) is 1. The van der Waals surface area contributed by atoms with Crippen molar-refractivity contribution in [2.75, 3.05) is 19.6 Å². The van der Waals surface area contributed by atoms with Crippen LogP contribution in [0.15, 0.2) is 12.1 Å². The van der Waals surface area contributed by atoms with Crippen molar-refractivity contribution in [1.29, 1.82) is 0 Å². The molecule has 1 aromatic rings. The number of rotatable bonds is 1. The molecule has 1 saturated heterocycles. The van der Waals surface area contributed by atoms with E-state index < -0.39 is 0 Å². The first-order valence-corrected chi connectivity index (χ1v) is 6.98. The summed E-state index contributed by atoms with van der Waals surface area (Å²) in [5, 5.41) is 4.01. The summed E-state index contributed by atoms with van der Waals surface area (Å²) in [7, 11) is 0. The number of amides is 1. The molecule has 4 heteroatoms. The molecular weight excluding hydrogens is 248 g/mol. The fourth-order valence-corrected chi connectivity index (χ4v) is 3.48. The van der Waals surface area contributed by atoms with E-state index in [-0.39, 0.29) is 11.9 Å². The van der Waals surface area contributed by atoms with Gasteiger partial charge in [0.2, 0.25) is 0 Å². The van der Waals surface area contributed by atoms with Gasteiger partial charge in [-0.3, -0.25) is 4.79 Å². The first-order chi connectivity index (χ1) is 8.75. The van der Waals surface area contributed by atoms with Crippen LogP contribution in [0.25, 0.3) is 0 Å². The first-order valence-electron chi connectivity index (χ1n) is 6.61. The van der Waals surface area contributed by atoms with Crippen LogP contribution in [0.2, 0.25) is 5.02 Å². The van der Waals surface area contributed by atoms with E-state index in [0.717, 1.165) is 30.8 Å². The average Bonchev–Trinajstić information content (AvgIpc) is 3.18. The van der Waals surface area contributed by atoms with Crippen molar-refractivity contribution in [3.8, 4) is 0 Å². The molecule has 18 heavy (non-hydrogen) atoms. The van der Waals surface area contributed by atoms with Crippen molar-refractivity contribution in [2.45, 2.75) is 24.8 Å². The lowest BCUT2D eigenvalue weighted by molar-refractivity contribution is 0.0691. The molecule has 1 N–H and O–H groups in total. The fraction of sp³-hybridized carbons (Fsp3) is 0.500. The van der Waals surface area contributed by atoms with Crippen LogP contribution in [0.5, 0.6) is 0 Å². The van der Waals surface area contributed by atoms with Gasteiger partial charge >= 0.3 is 0 Å². The maximum absolute atomic E-state index is 12.4. The zero-order valence-electron chi connectivity index (χ0n) is 10.1. The van der Waals surface area contributed by atoms with Gasteiger partial charge in [-0.2, -0.15) is 0 Å². The Labute approximate surface area is 111 Å². The van der Waals surface area contributed by atoms with E-state index in [2.05, 4.69) is 11.4 Å². The Kier molecular flexibility index (Phi) is 2.24. The van der Waals surface area contributed by atoms with Crippen LogP contribution >= 0.6 is 11.6 Å². The molecule has 1 atom stereocenters. The average molecular weight is 263 g/mol. The van der Waals surface area contributed by atoms with Gasteiger partial charge in [0.1, 0.15) is 0 Å². The molecule has 2 fully saturated rings. The molecule has 1 unspecified atom stereocenters. The van der Waals surface area contributed by atoms with E-state index in [0.29, 0.717) is 10.9 Å². The minimum atomic E-state index is 0.115. The molecular formula is C14H15ClN2O. The van der Waals surface area contributed by atoms with Gasteiger partial charge in [0.05, 0.1) is 16.6 Å². The molecule has 94 valence electrons. The molecule has 1 saturated carbocycles. The molecule has 0 aromatic heterocycles. The Morgan fingerprint density at radius 1 is 1.33 bits per heavy atom. The monoisotopic (exact) mass is 262 g/mol. The molecule has 1 amide bonds. The van der Waals surface area contributed by atoms with Crippen LogP contribution in [0, 0.1) is 0 Å². The third-order valence-corrected chi connectivity index (χ3v) is 4.57. The van der Waals surface area contributed by atoms with Crippen molar-refractivity contribution in [2.24, 2.45) is 0 Å². The standard InChI is InChI=1S/C14H15ClN2O/c15-11-6-9(8-1-2-8)5-10-12-7-16-3-4-17(12)14(18)13(10)11/h5-6,8,12,16H,1-4,7H2. The zero-order valence-corrected chi connectivity index (χ0v) is 10.8. The molecule has 3 nitrogen and oxygen atoms in total. The van der Waals surface area contributed by atoms with E-state index in [1.54, 1.807) is 0 Å². The smallest absolute Gasteiger partial charge is 0.256 e. The molecule has 0 bridgehead atoms. The number of piperazine rings is 1. The fourth-order valence-electron chi connectivity index (χ4n) is 3.16. The second kappa shape index (κ2) is 3.72. The molecule has 3 aliphatic rings. The number of carbonyl (C=O) groups is 1. The third-order valence-electron chi connectivity index (χ3n) is 4.27. The lowest BCUT2D eigenvalue weighted by Gasteiger charge is -2.30. The number of hydrogen-bond donors (Lipinski definition) is 1. The molecule has 1 aliphatic carbocycles. The van der Waals surface area contributed by atoms with Gasteiger partial charge in [0.25, 0.3) is 5.91 Å². The van der Waals surface area contributed by atoms with Crippen LogP contribution < -0.4 is 5.32 Å². The van der Waals surface area contributed by atoms with Gasteiger partial charge in [-0.15, -0.1) is 0 Å². The second-order valence-corrected chi connectivity index (χ2v) is 5.87. The normalized spacial score (nSPS) is 26.2. The molecule has 2 heterocycles. The van der Waals surface area contributed by atoms with Gasteiger partial charge in [-0.05, 0) is 36.0 Å². The summed E-state index contributed by atoms with van der Waals surface area (Å²) in [6, 6.07) is 4.41. The number of benzene rings is 1. The minimum absolute atomic E-state index is 0.115. The summed E-state index contributed by atoms with van der Waals surface area (Å²) in [5.74, 6) is 0.789. The number of nitrogens with zero attached hydrogens (tertiary/aromatic N) is 1. The van der Waals surface area contributed by atoms with Crippen molar-refractivity contribution in [1.82, 2.24) is 10.2 Å². The molecule has 0 radical (unpaired) electrons. The SMILES string of the molecule is O=C1c2c(Cl)cc(C3CC3)cc2C2CNCCN12. The van der Waals surface area contributed by atoms with E-state index in [4.69, 9.17) is 11.6 Å². The van der Waals surface area contributed by atoms with Gasteiger partial charge in [0.15, 0.2) is 0 Å². The van der Waals surface area contributed by atoms with Crippen molar-refractivity contribution < 1.29 is 4.79 Å². The molecule has 0 spiro atoms. The van der Waals surface area contributed by atoms with Gasteiger partial charge in [-0.25, -0.2) is 0 Å². The topological polar surface area (TPSA) is 32.3 Å². The predicted molar refractivity (Wildman–Crippen MR) is 70.1 cm³/mol. The van der Waals surface area contributed by atoms with Crippen LogP contribution in [0.4, 0.5) is 0 Å². The van der Waals surface area contributed by atoms with Crippen molar-refractivity contribution >= 4 is 17.5 Å². The number of halogens is 1. The van der Waals surface area contributed by atoms with Crippen LogP contribution in [0.3, 0.4) is 0 Å². The van der Waals surface area contributed by atoms with Crippen LogP contribution in [-0.4, -0.2) is 30.4 Å². The lowest BCUT2D eigenvalue weighted by Crippen LogP contribution is -2.44. The lowest BCUT2D eigenvalue weighted by atomic mass is 9.98. The van der Waals surface area contributed by atoms with Crippen molar-refractivity contribution in [3.05, 3.63) is 33.8 Å². The highest BCUT2D eigenvalue weighted by atomic mass is 35.5. The maximum Gasteiger partial charge on any atom is 0.256 e. The summed E-state index contributed by atoms with van der Waals surface area (Å²) >= 11 is 6.34. The van der Waals surface area contributed by atoms with Crippen LogP contribution in [-0.2, 0) is 0 Å². The highest BCUT2D eigenvalue weighted by Crippen LogP contribution is 2.45. The van der Waals surface area contributed by atoms with Crippen LogP contribution in [0.1, 0.15) is 46.3 Å². The van der Waals surface area contributed by atoms with E-state index >= 15 is 0 Å². The number of carbonyl (C=O) groups excluding carboxylic acids is 1. The second-order valence-electron chi connectivity index (χ2n) is 5.46. The Balaban J connectivity index is 1.85. The predicted octanol–water partition coefficient (Wildman–Crippen LogP) is 2.32. The number of fused-ring (bicyclic) bond motifs is 3. The summed E-state index contributed by atoms with van der Waals surface area (Å²) < 4.78 is 0.